The Morgan fingerprint density at radius 3 is 2.22 bits per heavy atom. The molecule has 0 saturated carbocycles. The van der Waals surface area contributed by atoms with Crippen molar-refractivity contribution in [3.8, 4) is 0 Å². The highest BCUT2D eigenvalue weighted by Gasteiger charge is 2.14. The molecule has 0 radical (unpaired) electrons. The van der Waals surface area contributed by atoms with Crippen molar-refractivity contribution in [1.82, 2.24) is 5.48 Å². The van der Waals surface area contributed by atoms with Gasteiger partial charge in [0, 0.05) is 6.04 Å². The molecule has 0 aliphatic heterocycles. The Hall–Kier alpha value is -1.90. The Balaban J connectivity index is 1.85. The fourth-order valence-electron chi connectivity index (χ4n) is 3.20. The summed E-state index contributed by atoms with van der Waals surface area (Å²) in [4.78, 5) is 6.17. The van der Waals surface area contributed by atoms with Crippen LogP contribution in [-0.4, -0.2) is 6.04 Å². The molecule has 2 atom stereocenters. The highest BCUT2D eigenvalue weighted by molar-refractivity contribution is 5.48. The summed E-state index contributed by atoms with van der Waals surface area (Å²) in [6.45, 7) is 4.46. The van der Waals surface area contributed by atoms with Crippen molar-refractivity contribution in [2.24, 2.45) is 0 Å². The molecule has 2 heteroatoms. The molecule has 0 heterocycles. The van der Waals surface area contributed by atoms with Gasteiger partial charge < -0.3 is 0 Å². The van der Waals surface area contributed by atoms with E-state index in [4.69, 9.17) is 4.84 Å². The topological polar surface area (TPSA) is 21.3 Å². The molecule has 27 heavy (non-hydrogen) atoms. The number of nitrogens with one attached hydrogen (secondary N) is 1. The van der Waals surface area contributed by atoms with Gasteiger partial charge in [-0.2, -0.15) is 5.48 Å². The molecule has 2 aromatic carbocycles. The Morgan fingerprint density at radius 1 is 0.852 bits per heavy atom. The molecule has 1 N–H and O–H groups in total. The fourth-order valence-corrected chi connectivity index (χ4v) is 3.20. The predicted octanol–water partition coefficient (Wildman–Crippen LogP) is 7.10. The summed E-state index contributed by atoms with van der Waals surface area (Å²) in [6.07, 6.45) is 12.5. The van der Waals surface area contributed by atoms with Gasteiger partial charge in [0.2, 0.25) is 0 Å². The highest BCUT2D eigenvalue weighted by Crippen LogP contribution is 2.22. The molecular formula is C25H35NO. The number of unbranched alkanes of at least 4 members (excludes halogenated alkanes) is 1. The van der Waals surface area contributed by atoms with Crippen LogP contribution in [0.25, 0.3) is 6.08 Å². The molecule has 2 rings (SSSR count). The molecule has 0 amide bonds. The average Bonchev–Trinajstić information content (AvgIpc) is 2.73. The second-order valence-corrected chi connectivity index (χ2v) is 7.15. The molecular weight excluding hydrogens is 330 g/mol. The van der Waals surface area contributed by atoms with Gasteiger partial charge in [-0.15, -0.1) is 0 Å². The van der Waals surface area contributed by atoms with Crippen LogP contribution >= 0.6 is 0 Å². The van der Waals surface area contributed by atoms with Gasteiger partial charge in [0.15, 0.2) is 0 Å². The van der Waals surface area contributed by atoms with Crippen LogP contribution in [0.1, 0.15) is 76.0 Å². The van der Waals surface area contributed by atoms with Crippen molar-refractivity contribution in [1.29, 1.82) is 0 Å². The highest BCUT2D eigenvalue weighted by atomic mass is 16.7. The smallest absolute Gasteiger partial charge is 0.104 e. The largest absolute Gasteiger partial charge is 0.293 e. The lowest BCUT2D eigenvalue weighted by molar-refractivity contribution is -0.0527. The first-order chi connectivity index (χ1) is 13.3. The first-order valence-corrected chi connectivity index (χ1v) is 10.5. The van der Waals surface area contributed by atoms with Gasteiger partial charge in [0.1, 0.15) is 6.10 Å². The Labute approximate surface area is 165 Å². The summed E-state index contributed by atoms with van der Waals surface area (Å²) >= 11 is 0. The lowest BCUT2D eigenvalue weighted by Gasteiger charge is -2.23. The number of allylic oxidation sites excluding steroid dienone is 1. The third kappa shape index (κ3) is 8.55. The Kier molecular flexibility index (Phi) is 10.5. The van der Waals surface area contributed by atoms with Crippen molar-refractivity contribution >= 4 is 6.08 Å². The normalized spacial score (nSPS) is 13.7. The van der Waals surface area contributed by atoms with Crippen LogP contribution in [0.3, 0.4) is 0 Å². The minimum absolute atomic E-state index is 0.125. The van der Waals surface area contributed by atoms with E-state index < -0.39 is 0 Å². The van der Waals surface area contributed by atoms with Gasteiger partial charge in [0.25, 0.3) is 0 Å². The number of hydrogen-bond donors (Lipinski definition) is 1. The van der Waals surface area contributed by atoms with Crippen LogP contribution in [0.2, 0.25) is 0 Å². The van der Waals surface area contributed by atoms with Crippen LogP contribution in [0, 0.1) is 0 Å². The summed E-state index contributed by atoms with van der Waals surface area (Å²) in [7, 11) is 0. The molecule has 0 fully saturated rings. The zero-order chi connectivity index (χ0) is 19.2. The van der Waals surface area contributed by atoms with E-state index in [0.29, 0.717) is 6.04 Å². The van der Waals surface area contributed by atoms with Gasteiger partial charge in [-0.25, -0.2) is 0 Å². The number of hydrogen-bond acceptors (Lipinski definition) is 2. The molecule has 146 valence electrons. The van der Waals surface area contributed by atoms with Crippen molar-refractivity contribution in [2.75, 3.05) is 0 Å². The Bertz CT molecular complexity index is 623. The van der Waals surface area contributed by atoms with Crippen LogP contribution in [0.4, 0.5) is 0 Å². The van der Waals surface area contributed by atoms with E-state index >= 15 is 0 Å². The van der Waals surface area contributed by atoms with Crippen LogP contribution in [0.15, 0.2) is 66.7 Å². The SMILES string of the molecule is CCCCC(CC/C=C/c1ccccc1)NOC(CCC)c1ccccc1. The quantitative estimate of drug-likeness (QED) is 0.382. The van der Waals surface area contributed by atoms with Crippen LogP contribution < -0.4 is 5.48 Å². The molecule has 0 aromatic heterocycles. The fraction of sp³-hybridized carbons (Fsp3) is 0.440. The van der Waals surface area contributed by atoms with E-state index in [0.717, 1.165) is 32.1 Å². The lowest BCUT2D eigenvalue weighted by atomic mass is 10.0. The number of rotatable bonds is 13. The van der Waals surface area contributed by atoms with E-state index in [9.17, 15) is 0 Å². The molecule has 2 unspecified atom stereocenters. The van der Waals surface area contributed by atoms with Gasteiger partial charge in [-0.05, 0) is 36.8 Å². The average molecular weight is 366 g/mol. The van der Waals surface area contributed by atoms with E-state index in [1.165, 1.54) is 24.0 Å². The van der Waals surface area contributed by atoms with Gasteiger partial charge in [-0.3, -0.25) is 4.84 Å². The maximum absolute atomic E-state index is 6.17. The van der Waals surface area contributed by atoms with E-state index in [-0.39, 0.29) is 6.10 Å². The standard InChI is InChI=1S/C25H35NO/c1-3-5-20-24(21-13-12-17-22-15-8-6-9-16-22)26-27-25(14-4-2)23-18-10-7-11-19-23/h6-12,15-19,24-26H,3-5,13-14,20-21H2,1-2H3/b17-12+. The molecule has 0 saturated heterocycles. The molecule has 2 aromatic rings. The Morgan fingerprint density at radius 2 is 1.56 bits per heavy atom. The van der Waals surface area contributed by atoms with Crippen molar-refractivity contribution in [3.63, 3.8) is 0 Å². The van der Waals surface area contributed by atoms with Crippen LogP contribution in [-0.2, 0) is 4.84 Å². The van der Waals surface area contributed by atoms with Gasteiger partial charge in [0.05, 0.1) is 0 Å². The number of hydroxylamine groups is 1. The maximum Gasteiger partial charge on any atom is 0.104 e. The van der Waals surface area contributed by atoms with Crippen LogP contribution in [0.5, 0.6) is 0 Å². The monoisotopic (exact) mass is 365 g/mol. The molecule has 0 spiro atoms. The van der Waals surface area contributed by atoms with Gasteiger partial charge >= 0.3 is 0 Å². The first kappa shape index (κ1) is 21.4. The van der Waals surface area contributed by atoms with Crippen molar-refractivity contribution in [3.05, 3.63) is 77.9 Å². The van der Waals surface area contributed by atoms with E-state index in [1.807, 2.05) is 0 Å². The summed E-state index contributed by atoms with van der Waals surface area (Å²) in [5.74, 6) is 0. The minimum Gasteiger partial charge on any atom is -0.293 e. The third-order valence-electron chi connectivity index (χ3n) is 4.80. The van der Waals surface area contributed by atoms with E-state index in [1.54, 1.807) is 0 Å². The molecule has 2 nitrogen and oxygen atoms in total. The maximum atomic E-state index is 6.17. The summed E-state index contributed by atoms with van der Waals surface area (Å²) in [6, 6.07) is 21.4. The zero-order valence-corrected chi connectivity index (χ0v) is 16.9. The molecule has 0 aliphatic carbocycles. The second-order valence-electron chi connectivity index (χ2n) is 7.15. The minimum atomic E-state index is 0.125. The molecule has 0 aliphatic rings. The van der Waals surface area contributed by atoms with E-state index in [2.05, 4.69) is 92.1 Å². The zero-order valence-electron chi connectivity index (χ0n) is 16.9. The second kappa shape index (κ2) is 13.3. The lowest BCUT2D eigenvalue weighted by Crippen LogP contribution is -2.31. The third-order valence-corrected chi connectivity index (χ3v) is 4.80. The summed E-state index contributed by atoms with van der Waals surface area (Å²) in [5.41, 5.74) is 5.92. The van der Waals surface area contributed by atoms with Gasteiger partial charge in [-0.1, -0.05) is 106 Å². The predicted molar refractivity (Wildman–Crippen MR) is 116 cm³/mol. The number of benzene rings is 2. The molecule has 0 bridgehead atoms. The summed E-state index contributed by atoms with van der Waals surface area (Å²) < 4.78 is 0. The van der Waals surface area contributed by atoms with Crippen molar-refractivity contribution < 1.29 is 4.84 Å². The summed E-state index contributed by atoms with van der Waals surface area (Å²) in [5, 5.41) is 0. The van der Waals surface area contributed by atoms with Crippen molar-refractivity contribution in [2.45, 2.75) is 70.9 Å². The first-order valence-electron chi connectivity index (χ1n) is 10.5.